The molecule has 4 aromatic rings. The Bertz CT molecular complexity index is 1160. The van der Waals surface area contributed by atoms with Crippen LogP contribution in [0.3, 0.4) is 0 Å². The molecule has 1 N–H and O–H groups in total. The molecule has 0 bridgehead atoms. The molecule has 0 radical (unpaired) electrons. The monoisotopic (exact) mass is 370 g/mol. The zero-order chi connectivity index (χ0) is 19.1. The summed E-state index contributed by atoms with van der Waals surface area (Å²) in [5, 5.41) is 4.83. The fraction of sp³-hybridized carbons (Fsp3) is 0.217. The Labute approximate surface area is 164 Å². The molecule has 5 nitrogen and oxygen atoms in total. The summed E-state index contributed by atoms with van der Waals surface area (Å²) in [6.45, 7) is 2.64. The van der Waals surface area contributed by atoms with Crippen LogP contribution in [0.15, 0.2) is 60.8 Å². The number of fused-ring (bicyclic) bond motifs is 2. The first-order valence-corrected chi connectivity index (χ1v) is 9.57. The van der Waals surface area contributed by atoms with Crippen molar-refractivity contribution < 1.29 is 4.74 Å². The first-order valence-electron chi connectivity index (χ1n) is 9.57. The number of rotatable bonds is 3. The van der Waals surface area contributed by atoms with Gasteiger partial charge in [0.2, 0.25) is 0 Å². The molecule has 0 amide bonds. The summed E-state index contributed by atoms with van der Waals surface area (Å²) in [7, 11) is 2.06. The van der Waals surface area contributed by atoms with E-state index in [4.69, 9.17) is 4.74 Å². The van der Waals surface area contributed by atoms with E-state index in [-0.39, 0.29) is 6.04 Å². The molecular weight excluding hydrogens is 348 g/mol. The lowest BCUT2D eigenvalue weighted by Crippen LogP contribution is -2.21. The number of nitrogens with one attached hydrogen (secondary N) is 1. The van der Waals surface area contributed by atoms with Gasteiger partial charge in [-0.15, -0.1) is 0 Å². The van der Waals surface area contributed by atoms with Crippen LogP contribution in [0.2, 0.25) is 0 Å². The molecule has 0 saturated heterocycles. The minimum absolute atomic E-state index is 0.183. The summed E-state index contributed by atoms with van der Waals surface area (Å²) in [6.07, 6.45) is 2.99. The SMILES string of the molecule is Cc1nc(N[C@@H]2CCOc3ccccc32)cc(-c2ccc3ccn(C)c3c2)n1. The van der Waals surface area contributed by atoms with Gasteiger partial charge in [0.1, 0.15) is 17.4 Å². The first kappa shape index (κ1) is 16.8. The average molecular weight is 370 g/mol. The van der Waals surface area contributed by atoms with Crippen molar-refractivity contribution in [3.8, 4) is 17.0 Å². The fourth-order valence-electron chi connectivity index (χ4n) is 3.88. The van der Waals surface area contributed by atoms with Gasteiger partial charge in [0, 0.05) is 42.4 Å². The van der Waals surface area contributed by atoms with E-state index in [0.29, 0.717) is 6.61 Å². The third kappa shape index (κ3) is 2.99. The zero-order valence-corrected chi connectivity index (χ0v) is 16.0. The number of hydrogen-bond donors (Lipinski definition) is 1. The van der Waals surface area contributed by atoms with Crippen molar-refractivity contribution in [3.63, 3.8) is 0 Å². The summed E-state index contributed by atoms with van der Waals surface area (Å²) in [6, 6.07) is 19.0. The van der Waals surface area contributed by atoms with Gasteiger partial charge in [-0.3, -0.25) is 0 Å². The number of benzene rings is 2. The maximum Gasteiger partial charge on any atom is 0.130 e. The molecule has 1 aliphatic rings. The summed E-state index contributed by atoms with van der Waals surface area (Å²) >= 11 is 0. The number of anilines is 1. The lowest BCUT2D eigenvalue weighted by Gasteiger charge is -2.27. The van der Waals surface area contributed by atoms with Crippen molar-refractivity contribution in [2.75, 3.05) is 11.9 Å². The molecule has 3 heterocycles. The van der Waals surface area contributed by atoms with E-state index >= 15 is 0 Å². The van der Waals surface area contributed by atoms with E-state index in [0.717, 1.165) is 35.1 Å². The highest BCUT2D eigenvalue weighted by atomic mass is 16.5. The van der Waals surface area contributed by atoms with Crippen molar-refractivity contribution in [1.29, 1.82) is 0 Å². The Morgan fingerprint density at radius 3 is 2.89 bits per heavy atom. The van der Waals surface area contributed by atoms with Crippen molar-refractivity contribution in [2.24, 2.45) is 7.05 Å². The van der Waals surface area contributed by atoms with E-state index in [9.17, 15) is 0 Å². The molecule has 2 aromatic heterocycles. The number of aryl methyl sites for hydroxylation is 2. The molecule has 0 saturated carbocycles. The summed E-state index contributed by atoms with van der Waals surface area (Å²) in [5.41, 5.74) is 4.40. The van der Waals surface area contributed by atoms with E-state index in [1.54, 1.807) is 0 Å². The third-order valence-electron chi connectivity index (χ3n) is 5.30. The number of hydrogen-bond acceptors (Lipinski definition) is 4. The van der Waals surface area contributed by atoms with Gasteiger partial charge in [-0.05, 0) is 30.5 Å². The highest BCUT2D eigenvalue weighted by Gasteiger charge is 2.21. The highest BCUT2D eigenvalue weighted by Crippen LogP contribution is 2.34. The first-order chi connectivity index (χ1) is 13.7. The molecule has 1 aliphatic heterocycles. The molecule has 0 fully saturated rings. The van der Waals surface area contributed by atoms with Gasteiger partial charge in [0.15, 0.2) is 0 Å². The lowest BCUT2D eigenvalue weighted by atomic mass is 10.0. The summed E-state index contributed by atoms with van der Waals surface area (Å²) in [4.78, 5) is 9.31. The molecule has 2 aromatic carbocycles. The molecule has 1 atom stereocenters. The maximum absolute atomic E-state index is 5.78. The number of nitrogens with zero attached hydrogens (tertiary/aromatic N) is 3. The molecule has 0 unspecified atom stereocenters. The van der Waals surface area contributed by atoms with Gasteiger partial charge in [-0.2, -0.15) is 0 Å². The molecule has 0 spiro atoms. The van der Waals surface area contributed by atoms with E-state index in [2.05, 4.69) is 63.4 Å². The minimum Gasteiger partial charge on any atom is -0.493 e. The molecule has 5 heteroatoms. The zero-order valence-electron chi connectivity index (χ0n) is 16.0. The Hall–Kier alpha value is -3.34. The maximum atomic E-state index is 5.78. The third-order valence-corrected chi connectivity index (χ3v) is 5.30. The predicted octanol–water partition coefficient (Wildman–Crippen LogP) is 4.88. The Kier molecular flexibility index (Phi) is 4.01. The van der Waals surface area contributed by atoms with Crippen LogP contribution >= 0.6 is 0 Å². The largest absolute Gasteiger partial charge is 0.493 e. The molecule has 5 rings (SSSR count). The van der Waals surface area contributed by atoms with Gasteiger partial charge in [0.25, 0.3) is 0 Å². The van der Waals surface area contributed by atoms with Crippen molar-refractivity contribution >= 4 is 16.7 Å². The van der Waals surface area contributed by atoms with Gasteiger partial charge in [-0.25, -0.2) is 9.97 Å². The number of aromatic nitrogens is 3. The van der Waals surface area contributed by atoms with E-state index in [1.165, 1.54) is 16.5 Å². The summed E-state index contributed by atoms with van der Waals surface area (Å²) < 4.78 is 7.91. The Balaban J connectivity index is 1.50. The van der Waals surface area contributed by atoms with Crippen LogP contribution in [0, 0.1) is 6.92 Å². The second-order valence-electron chi connectivity index (χ2n) is 7.26. The highest BCUT2D eigenvalue weighted by molar-refractivity contribution is 5.85. The Morgan fingerprint density at radius 2 is 1.96 bits per heavy atom. The van der Waals surface area contributed by atoms with Crippen molar-refractivity contribution in [1.82, 2.24) is 14.5 Å². The van der Waals surface area contributed by atoms with Gasteiger partial charge < -0.3 is 14.6 Å². The topological polar surface area (TPSA) is 52.0 Å². The van der Waals surface area contributed by atoms with Crippen LogP contribution in [0.5, 0.6) is 5.75 Å². The smallest absolute Gasteiger partial charge is 0.130 e. The van der Waals surface area contributed by atoms with Crippen molar-refractivity contribution in [3.05, 3.63) is 72.2 Å². The standard InChI is InChI=1S/C23H22N4O/c1-15-24-20(17-8-7-16-9-11-27(2)21(16)13-17)14-23(25-15)26-19-10-12-28-22-6-4-3-5-18(19)22/h3-9,11,13-14,19H,10,12H2,1-2H3,(H,24,25,26)/t19-/m1/s1. The van der Waals surface area contributed by atoms with E-state index in [1.807, 2.05) is 31.2 Å². The van der Waals surface area contributed by atoms with Crippen LogP contribution in [-0.2, 0) is 7.05 Å². The van der Waals surface area contributed by atoms with Crippen LogP contribution < -0.4 is 10.1 Å². The minimum atomic E-state index is 0.183. The summed E-state index contributed by atoms with van der Waals surface area (Å²) in [5.74, 6) is 2.55. The normalized spacial score (nSPS) is 15.9. The van der Waals surface area contributed by atoms with Gasteiger partial charge in [-0.1, -0.05) is 30.3 Å². The lowest BCUT2D eigenvalue weighted by molar-refractivity contribution is 0.274. The van der Waals surface area contributed by atoms with Crippen LogP contribution in [0.4, 0.5) is 5.82 Å². The van der Waals surface area contributed by atoms with Crippen LogP contribution in [0.1, 0.15) is 23.9 Å². The molecule has 0 aliphatic carbocycles. The van der Waals surface area contributed by atoms with Crippen molar-refractivity contribution in [2.45, 2.75) is 19.4 Å². The predicted molar refractivity (Wildman–Crippen MR) is 112 cm³/mol. The molecule has 28 heavy (non-hydrogen) atoms. The number of ether oxygens (including phenoxy) is 1. The van der Waals surface area contributed by atoms with Gasteiger partial charge in [0.05, 0.1) is 18.3 Å². The van der Waals surface area contributed by atoms with E-state index < -0.39 is 0 Å². The second-order valence-corrected chi connectivity index (χ2v) is 7.26. The fourth-order valence-corrected chi connectivity index (χ4v) is 3.88. The molecule has 140 valence electrons. The second kappa shape index (κ2) is 6.68. The average Bonchev–Trinajstić information content (AvgIpc) is 3.08. The quantitative estimate of drug-likeness (QED) is 0.558. The van der Waals surface area contributed by atoms with Gasteiger partial charge >= 0.3 is 0 Å². The van der Waals surface area contributed by atoms with Crippen LogP contribution in [0.25, 0.3) is 22.2 Å². The Morgan fingerprint density at radius 1 is 1.07 bits per heavy atom. The number of para-hydroxylation sites is 1. The molecular formula is C23H22N4O. The van der Waals surface area contributed by atoms with Crippen LogP contribution in [-0.4, -0.2) is 21.1 Å².